The highest BCUT2D eigenvalue weighted by molar-refractivity contribution is 6.29. The highest BCUT2D eigenvalue weighted by atomic mass is 35.5. The van der Waals surface area contributed by atoms with Crippen LogP contribution in [0.1, 0.15) is 15.9 Å². The van der Waals surface area contributed by atoms with Crippen molar-refractivity contribution in [2.45, 2.75) is 12.6 Å². The molecule has 1 unspecified atom stereocenters. The van der Waals surface area contributed by atoms with E-state index in [-0.39, 0.29) is 43.4 Å². The quantitative estimate of drug-likeness (QED) is 0.361. The molecule has 0 radical (unpaired) electrons. The Morgan fingerprint density at radius 3 is 2.77 bits per heavy atom. The van der Waals surface area contributed by atoms with Crippen LogP contribution in [0, 0.1) is 0 Å². The SMILES string of the molecule is O=C(NCc1ccc2c(c1)OCO2)C1CN(c2cc(Cl)nc(-n3ccnc3)n2)CCN1C(=O)c1cccnc1. The number of hydrogen-bond acceptors (Lipinski definition) is 9. The Labute approximate surface area is 228 Å². The van der Waals surface area contributed by atoms with Crippen LogP contribution in [0.3, 0.4) is 0 Å². The van der Waals surface area contributed by atoms with Gasteiger partial charge in [0.15, 0.2) is 11.5 Å². The van der Waals surface area contributed by atoms with E-state index in [2.05, 4.69) is 25.3 Å². The second kappa shape index (κ2) is 10.6. The summed E-state index contributed by atoms with van der Waals surface area (Å²) in [5.41, 5.74) is 1.25. The van der Waals surface area contributed by atoms with E-state index in [9.17, 15) is 9.59 Å². The van der Waals surface area contributed by atoms with Crippen LogP contribution in [-0.2, 0) is 11.3 Å². The van der Waals surface area contributed by atoms with Crippen LogP contribution in [0.4, 0.5) is 5.82 Å². The van der Waals surface area contributed by atoms with E-state index < -0.39 is 6.04 Å². The lowest BCUT2D eigenvalue weighted by atomic mass is 10.1. The number of anilines is 1. The maximum atomic E-state index is 13.6. The molecule has 5 heterocycles. The highest BCUT2D eigenvalue weighted by Crippen LogP contribution is 2.32. The summed E-state index contributed by atoms with van der Waals surface area (Å²) in [5, 5.41) is 3.22. The number of carbonyl (C=O) groups is 2. The number of rotatable bonds is 6. The minimum atomic E-state index is -0.800. The average molecular weight is 547 g/mol. The second-order valence-corrected chi connectivity index (χ2v) is 9.31. The largest absolute Gasteiger partial charge is 0.454 e. The summed E-state index contributed by atoms with van der Waals surface area (Å²) in [6, 6.07) is 9.72. The second-order valence-electron chi connectivity index (χ2n) is 8.93. The number of hydrogen-bond donors (Lipinski definition) is 1. The van der Waals surface area contributed by atoms with E-state index in [1.165, 1.54) is 6.20 Å². The van der Waals surface area contributed by atoms with Crippen molar-refractivity contribution in [2.75, 3.05) is 31.3 Å². The Morgan fingerprint density at radius 1 is 1.05 bits per heavy atom. The number of benzene rings is 1. The highest BCUT2D eigenvalue weighted by Gasteiger charge is 2.36. The maximum Gasteiger partial charge on any atom is 0.256 e. The van der Waals surface area contributed by atoms with Gasteiger partial charge in [0, 0.05) is 57.0 Å². The van der Waals surface area contributed by atoms with Crippen molar-refractivity contribution in [3.05, 3.63) is 83.8 Å². The molecular weight excluding hydrogens is 524 g/mol. The fourth-order valence-electron chi connectivity index (χ4n) is 4.52. The Kier molecular flexibility index (Phi) is 6.68. The van der Waals surface area contributed by atoms with Gasteiger partial charge < -0.3 is 24.6 Å². The van der Waals surface area contributed by atoms with E-state index in [0.717, 1.165) is 5.56 Å². The number of halogens is 1. The number of amides is 2. The van der Waals surface area contributed by atoms with Crippen LogP contribution in [0.2, 0.25) is 5.15 Å². The van der Waals surface area contributed by atoms with E-state index in [1.807, 2.05) is 17.0 Å². The molecule has 6 rings (SSSR count). The van der Waals surface area contributed by atoms with Gasteiger partial charge in [0.1, 0.15) is 23.3 Å². The fraction of sp³-hybridized carbons (Fsp3) is 0.231. The van der Waals surface area contributed by atoms with Crippen molar-refractivity contribution >= 4 is 29.2 Å². The molecule has 4 aromatic rings. The van der Waals surface area contributed by atoms with Gasteiger partial charge in [-0.15, -0.1) is 0 Å². The molecule has 1 fully saturated rings. The number of nitrogens with one attached hydrogen (secondary N) is 1. The Balaban J connectivity index is 1.25. The number of aromatic nitrogens is 5. The lowest BCUT2D eigenvalue weighted by Gasteiger charge is -2.41. The van der Waals surface area contributed by atoms with Gasteiger partial charge >= 0.3 is 0 Å². The molecule has 1 aromatic carbocycles. The van der Waals surface area contributed by atoms with E-state index in [0.29, 0.717) is 35.4 Å². The number of carbonyl (C=O) groups excluding carboxylic acids is 2. The molecule has 0 aliphatic carbocycles. The zero-order valence-electron chi connectivity index (χ0n) is 20.6. The van der Waals surface area contributed by atoms with Gasteiger partial charge in [-0.1, -0.05) is 17.7 Å². The third-order valence-electron chi connectivity index (χ3n) is 6.48. The van der Waals surface area contributed by atoms with Crippen LogP contribution >= 0.6 is 11.6 Å². The lowest BCUT2D eigenvalue weighted by molar-refractivity contribution is -0.126. The first-order valence-corrected chi connectivity index (χ1v) is 12.6. The van der Waals surface area contributed by atoms with Gasteiger partial charge in [0.25, 0.3) is 5.91 Å². The number of ether oxygens (including phenoxy) is 2. The van der Waals surface area contributed by atoms with Gasteiger partial charge in [-0.05, 0) is 29.8 Å². The monoisotopic (exact) mass is 546 g/mol. The van der Waals surface area contributed by atoms with E-state index in [1.54, 1.807) is 58.7 Å². The molecule has 39 heavy (non-hydrogen) atoms. The van der Waals surface area contributed by atoms with Gasteiger partial charge in [-0.25, -0.2) is 9.97 Å². The van der Waals surface area contributed by atoms with Crippen LogP contribution in [0.15, 0.2) is 67.5 Å². The smallest absolute Gasteiger partial charge is 0.256 e. The topological polar surface area (TPSA) is 128 Å². The van der Waals surface area contributed by atoms with Gasteiger partial charge in [0.05, 0.1) is 5.56 Å². The minimum Gasteiger partial charge on any atom is -0.454 e. The molecule has 0 spiro atoms. The molecule has 198 valence electrons. The Bertz CT molecular complexity index is 1500. The number of piperazine rings is 1. The minimum absolute atomic E-state index is 0.171. The predicted molar refractivity (Wildman–Crippen MR) is 140 cm³/mol. The van der Waals surface area contributed by atoms with Gasteiger partial charge in [-0.3, -0.25) is 19.1 Å². The Hall–Kier alpha value is -4.71. The summed E-state index contributed by atoms with van der Waals surface area (Å²) in [7, 11) is 0. The van der Waals surface area contributed by atoms with Gasteiger partial charge in [-0.2, -0.15) is 4.98 Å². The summed E-state index contributed by atoms with van der Waals surface area (Å²) in [5.74, 6) is 1.62. The molecule has 1 atom stereocenters. The summed E-state index contributed by atoms with van der Waals surface area (Å²) >= 11 is 6.32. The first-order valence-electron chi connectivity index (χ1n) is 12.2. The first-order chi connectivity index (χ1) is 19.0. The normalized spacial score (nSPS) is 16.3. The van der Waals surface area contributed by atoms with Crippen molar-refractivity contribution in [3.8, 4) is 17.4 Å². The number of imidazole rings is 1. The average Bonchev–Trinajstić information content (AvgIpc) is 3.68. The van der Waals surface area contributed by atoms with Crippen molar-refractivity contribution in [1.29, 1.82) is 0 Å². The number of fused-ring (bicyclic) bond motifs is 1. The zero-order valence-corrected chi connectivity index (χ0v) is 21.4. The fourth-order valence-corrected chi connectivity index (χ4v) is 4.69. The summed E-state index contributed by atoms with van der Waals surface area (Å²) in [4.78, 5) is 47.5. The maximum absolute atomic E-state index is 13.6. The molecule has 2 aliphatic rings. The first kappa shape index (κ1) is 24.6. The van der Waals surface area contributed by atoms with Crippen LogP contribution in [0.5, 0.6) is 11.5 Å². The summed E-state index contributed by atoms with van der Waals surface area (Å²) in [6.45, 7) is 1.36. The molecule has 13 heteroatoms. The zero-order chi connectivity index (χ0) is 26.8. The summed E-state index contributed by atoms with van der Waals surface area (Å²) < 4.78 is 12.4. The van der Waals surface area contributed by atoms with Crippen molar-refractivity contribution in [3.63, 3.8) is 0 Å². The van der Waals surface area contributed by atoms with E-state index >= 15 is 0 Å². The van der Waals surface area contributed by atoms with Crippen LogP contribution in [-0.4, -0.2) is 73.7 Å². The number of nitrogens with zero attached hydrogens (tertiary/aromatic N) is 7. The molecule has 0 bridgehead atoms. The van der Waals surface area contributed by atoms with Crippen molar-refractivity contribution < 1.29 is 19.1 Å². The summed E-state index contributed by atoms with van der Waals surface area (Å²) in [6.07, 6.45) is 8.00. The molecule has 2 amide bonds. The molecular formula is C26H23ClN8O4. The molecule has 3 aromatic heterocycles. The molecule has 1 saturated heterocycles. The lowest BCUT2D eigenvalue weighted by Crippen LogP contribution is -2.60. The molecule has 0 saturated carbocycles. The number of pyridine rings is 1. The molecule has 1 N–H and O–H groups in total. The van der Waals surface area contributed by atoms with E-state index in [4.69, 9.17) is 21.1 Å². The standard InChI is InChI=1S/C26H23ClN8O4/c27-22-11-23(32-26(31-22)34-7-6-29-15-34)33-8-9-35(25(37)18-2-1-5-28-13-18)19(14-33)24(36)30-12-17-3-4-20-21(10-17)39-16-38-20/h1-7,10-11,13,15,19H,8-9,12,14,16H2,(H,30,36). The third kappa shape index (κ3) is 5.18. The Morgan fingerprint density at radius 2 is 1.95 bits per heavy atom. The molecule has 2 aliphatic heterocycles. The van der Waals surface area contributed by atoms with Crippen molar-refractivity contribution in [2.24, 2.45) is 0 Å². The molecule has 12 nitrogen and oxygen atoms in total. The van der Waals surface area contributed by atoms with Crippen LogP contribution < -0.4 is 19.7 Å². The van der Waals surface area contributed by atoms with Gasteiger partial charge in [0.2, 0.25) is 18.6 Å². The predicted octanol–water partition coefficient (Wildman–Crippen LogP) is 2.09. The van der Waals surface area contributed by atoms with Crippen LogP contribution in [0.25, 0.3) is 5.95 Å². The van der Waals surface area contributed by atoms with Crippen molar-refractivity contribution in [1.82, 2.24) is 34.7 Å². The third-order valence-corrected chi connectivity index (χ3v) is 6.68.